The van der Waals surface area contributed by atoms with Crippen LogP contribution in [0.5, 0.6) is 0 Å². The van der Waals surface area contributed by atoms with Crippen molar-refractivity contribution in [3.8, 4) is 0 Å². The van der Waals surface area contributed by atoms with E-state index >= 15 is 0 Å². The van der Waals surface area contributed by atoms with Gasteiger partial charge in [0.25, 0.3) is 0 Å². The van der Waals surface area contributed by atoms with Crippen LogP contribution in [0.15, 0.2) is 24.5 Å². The minimum absolute atomic E-state index is 1.88. The van der Waals surface area contributed by atoms with Crippen LogP contribution < -0.4 is 0 Å². The van der Waals surface area contributed by atoms with E-state index < -0.39 is 8.25 Å². The van der Waals surface area contributed by atoms with E-state index in [4.69, 9.17) is 14.4 Å². The maximum atomic E-state index is 8.70. The monoisotopic (exact) mass is 148 g/mol. The molecule has 0 spiro atoms. The van der Waals surface area contributed by atoms with Crippen LogP contribution >= 0.6 is 8.25 Å². The van der Waals surface area contributed by atoms with Gasteiger partial charge in [-0.15, -0.1) is 9.79 Å². The Kier molecular flexibility index (Phi) is 5.01. The summed E-state index contributed by atoms with van der Waals surface area (Å²) in [5.74, 6) is 0. The van der Waals surface area contributed by atoms with Crippen molar-refractivity contribution in [1.29, 1.82) is 0 Å². The molecule has 1 rings (SSSR count). The first-order chi connectivity index (χ1) is 4.23. The molecule has 1 heterocycles. The topological polar surface area (TPSA) is 73.3 Å². The Hall–Kier alpha value is -0.700. The van der Waals surface area contributed by atoms with Gasteiger partial charge in [0, 0.05) is 17.0 Å². The van der Waals surface area contributed by atoms with Crippen molar-refractivity contribution in [1.82, 2.24) is 4.98 Å². The van der Waals surface area contributed by atoms with Gasteiger partial charge in [0.1, 0.15) is 0 Å². The summed E-state index contributed by atoms with van der Waals surface area (Å²) in [5.41, 5.74) is 0. The molecule has 0 radical (unpaired) electrons. The van der Waals surface area contributed by atoms with Gasteiger partial charge in [-0.25, -0.2) is 0 Å². The lowest BCUT2D eigenvalue weighted by molar-refractivity contribution is 0.405. The number of aromatic nitrogens is 1. The van der Waals surface area contributed by atoms with Crippen molar-refractivity contribution in [3.05, 3.63) is 24.5 Å². The van der Waals surface area contributed by atoms with Gasteiger partial charge in [0.15, 0.2) is 0 Å². The second kappa shape index (κ2) is 5.44. The van der Waals surface area contributed by atoms with Gasteiger partial charge in [-0.05, 0) is 12.1 Å². The van der Waals surface area contributed by atoms with Crippen LogP contribution in [0.25, 0.3) is 0 Å². The number of H-pyrrole nitrogens is 1. The van der Waals surface area contributed by atoms with Gasteiger partial charge >= 0.3 is 8.25 Å². The molecule has 0 unspecified atom stereocenters. The second-order valence-corrected chi connectivity index (χ2v) is 1.64. The van der Waals surface area contributed by atoms with Crippen LogP contribution in [-0.4, -0.2) is 14.8 Å². The molecule has 0 saturated carbocycles. The lowest BCUT2D eigenvalue weighted by Crippen LogP contribution is -1.38. The highest BCUT2D eigenvalue weighted by atomic mass is 31.1. The molecule has 0 fully saturated rings. The maximum Gasteiger partial charge on any atom is 0.692 e. The highest BCUT2D eigenvalue weighted by molar-refractivity contribution is 7.30. The third-order valence-electron chi connectivity index (χ3n) is 0.496. The highest BCUT2D eigenvalue weighted by Gasteiger charge is 1.93. The fourth-order valence-corrected chi connectivity index (χ4v) is 0.278. The zero-order chi connectivity index (χ0) is 7.11. The summed E-state index contributed by atoms with van der Waals surface area (Å²) in [7, 11) is -2.87. The van der Waals surface area contributed by atoms with Gasteiger partial charge in [-0.3, -0.25) is 0 Å². The van der Waals surface area contributed by atoms with E-state index in [9.17, 15) is 0 Å². The lowest BCUT2D eigenvalue weighted by atomic mass is 10.7. The van der Waals surface area contributed by atoms with E-state index in [1.807, 2.05) is 24.5 Å². The summed E-state index contributed by atoms with van der Waals surface area (Å²) in [5, 5.41) is 0. The first-order valence-electron chi connectivity index (χ1n) is 2.16. The second-order valence-electron chi connectivity index (χ2n) is 1.14. The minimum Gasteiger partial charge on any atom is -0.368 e. The van der Waals surface area contributed by atoms with Gasteiger partial charge in [-0.1, -0.05) is 0 Å². The number of nitrogens with one attached hydrogen (secondary N) is 1. The van der Waals surface area contributed by atoms with Crippen LogP contribution in [-0.2, 0) is 4.57 Å². The molecule has 1 aromatic heterocycles. The average Bonchev–Trinajstić information content (AvgIpc) is 2.11. The molecule has 0 atom stereocenters. The van der Waals surface area contributed by atoms with Crippen LogP contribution in [0.1, 0.15) is 0 Å². The van der Waals surface area contributed by atoms with E-state index in [2.05, 4.69) is 4.98 Å². The predicted molar refractivity (Wildman–Crippen MR) is 32.8 cm³/mol. The molecule has 0 aromatic carbocycles. The molecule has 0 aliphatic heterocycles. The first-order valence-corrected chi connectivity index (χ1v) is 3.33. The largest absolute Gasteiger partial charge is 0.692 e. The van der Waals surface area contributed by atoms with E-state index in [-0.39, 0.29) is 0 Å². The van der Waals surface area contributed by atoms with Crippen LogP contribution in [0.4, 0.5) is 0 Å². The standard InChI is InChI=1S/C4H5N.HO3P/c1-2-4-5-3-1;1-4(2)3/h1-5H;(H-,1,2,3)/p+1. The zero-order valence-corrected chi connectivity index (χ0v) is 5.45. The Morgan fingerprint density at radius 3 is 1.67 bits per heavy atom. The molecule has 0 amide bonds. The first kappa shape index (κ1) is 8.30. The maximum absolute atomic E-state index is 8.70. The molecule has 0 aliphatic carbocycles. The SMILES string of the molecule is O=[P+](O)O.c1cc[nH]c1. The lowest BCUT2D eigenvalue weighted by Gasteiger charge is -1.49. The van der Waals surface area contributed by atoms with Gasteiger partial charge in [0.05, 0.1) is 0 Å². The van der Waals surface area contributed by atoms with E-state index in [1.54, 1.807) is 0 Å². The van der Waals surface area contributed by atoms with E-state index in [0.29, 0.717) is 0 Å². The molecule has 9 heavy (non-hydrogen) atoms. The summed E-state index contributed by atoms with van der Waals surface area (Å²) in [6.45, 7) is 0. The van der Waals surface area contributed by atoms with E-state index in [1.165, 1.54) is 0 Å². The Morgan fingerprint density at radius 2 is 1.56 bits per heavy atom. The van der Waals surface area contributed by atoms with Crippen LogP contribution in [0.2, 0.25) is 0 Å². The number of aromatic amines is 1. The molecule has 0 aliphatic rings. The summed E-state index contributed by atoms with van der Waals surface area (Å²) in [6.07, 6.45) is 3.75. The Balaban J connectivity index is 0.000000148. The number of hydrogen-bond acceptors (Lipinski definition) is 1. The molecule has 4 nitrogen and oxygen atoms in total. The average molecular weight is 148 g/mol. The normalized spacial score (nSPS) is 7.33. The fraction of sp³-hybridized carbons (Fsp3) is 0. The van der Waals surface area contributed by atoms with Gasteiger partial charge in [0.2, 0.25) is 0 Å². The number of hydrogen-bond donors (Lipinski definition) is 3. The van der Waals surface area contributed by atoms with Crippen LogP contribution in [0, 0.1) is 0 Å². The predicted octanol–water partition coefficient (Wildman–Crippen LogP) is 0.643. The van der Waals surface area contributed by atoms with Crippen LogP contribution in [0.3, 0.4) is 0 Å². The molecule has 0 saturated heterocycles. The summed E-state index contributed by atoms with van der Waals surface area (Å²) in [4.78, 5) is 17.1. The smallest absolute Gasteiger partial charge is 0.368 e. The molecular weight excluding hydrogens is 141 g/mol. The third kappa shape index (κ3) is 11.1. The molecular formula is C4H7NO3P+. The Morgan fingerprint density at radius 1 is 1.22 bits per heavy atom. The van der Waals surface area contributed by atoms with Crippen molar-refractivity contribution in [2.45, 2.75) is 0 Å². The van der Waals surface area contributed by atoms with Crippen molar-refractivity contribution in [2.24, 2.45) is 0 Å². The zero-order valence-electron chi connectivity index (χ0n) is 4.56. The van der Waals surface area contributed by atoms with Gasteiger partial charge in [-0.2, -0.15) is 0 Å². The molecule has 0 bridgehead atoms. The minimum atomic E-state index is -2.87. The number of rotatable bonds is 0. The molecule has 3 N–H and O–H groups in total. The quantitative estimate of drug-likeness (QED) is 0.472. The highest BCUT2D eigenvalue weighted by Crippen LogP contribution is 1.98. The van der Waals surface area contributed by atoms with Crippen molar-refractivity contribution < 1.29 is 14.4 Å². The summed E-state index contributed by atoms with van der Waals surface area (Å²) < 4.78 is 8.70. The summed E-state index contributed by atoms with van der Waals surface area (Å²) in [6, 6.07) is 3.89. The van der Waals surface area contributed by atoms with Crippen molar-refractivity contribution in [3.63, 3.8) is 0 Å². The molecule has 50 valence electrons. The van der Waals surface area contributed by atoms with Crippen molar-refractivity contribution in [2.75, 3.05) is 0 Å². The Bertz CT molecular complexity index is 130. The summed E-state index contributed by atoms with van der Waals surface area (Å²) >= 11 is 0. The van der Waals surface area contributed by atoms with Crippen molar-refractivity contribution >= 4 is 8.25 Å². The van der Waals surface area contributed by atoms with E-state index in [0.717, 1.165) is 0 Å². The third-order valence-corrected chi connectivity index (χ3v) is 0.496. The van der Waals surface area contributed by atoms with Gasteiger partial charge < -0.3 is 4.98 Å². The Labute approximate surface area is 53.1 Å². The molecule has 5 heteroatoms. The molecule has 1 aromatic rings. The fourth-order valence-electron chi connectivity index (χ4n) is 0.278.